The highest BCUT2D eigenvalue weighted by molar-refractivity contribution is 5.77. The number of pyridine rings is 4. The van der Waals surface area contributed by atoms with Gasteiger partial charge in [-0.15, -0.1) is 0 Å². The lowest BCUT2D eigenvalue weighted by molar-refractivity contribution is 0.0240. The highest BCUT2D eigenvalue weighted by Gasteiger charge is 2.27. The number of hydrogen-bond acceptors (Lipinski definition) is 13. The molecule has 0 spiro atoms. The second-order valence-corrected chi connectivity index (χ2v) is 17.0. The van der Waals surface area contributed by atoms with E-state index in [1.165, 1.54) is 0 Å². The van der Waals surface area contributed by atoms with Crippen molar-refractivity contribution in [3.8, 4) is 56.9 Å². The number of carbonyl (C=O) groups excluding carboxylic acids is 1. The maximum atomic E-state index is 12.4. The lowest BCUT2D eigenvalue weighted by atomic mass is 10.1. The SMILES string of the molecule is Cn1cc(-c2cc(-c3ccc(N4CCN(C(=O)OC(C)(C)C)CC4)nc3)n3c(C#N)cnc3c2)cn1.Cn1cc(-c2cc(-c3ccc(N4CCNCC4)nc3)n3c(C#N)cnc3c2)cn1. The molecular formula is C47H48N16O2. The van der Waals surface area contributed by atoms with Crippen LogP contribution in [-0.2, 0) is 18.8 Å². The van der Waals surface area contributed by atoms with Crippen molar-refractivity contribution in [1.29, 1.82) is 10.5 Å². The number of nitriles is 2. The van der Waals surface area contributed by atoms with Crippen LogP contribution in [0.15, 0.2) is 98.1 Å². The van der Waals surface area contributed by atoms with Crippen molar-refractivity contribution in [3.63, 3.8) is 0 Å². The van der Waals surface area contributed by atoms with E-state index >= 15 is 0 Å². The number of carbonyl (C=O) groups is 1. The second-order valence-electron chi connectivity index (χ2n) is 17.0. The van der Waals surface area contributed by atoms with Crippen LogP contribution < -0.4 is 15.1 Å². The van der Waals surface area contributed by atoms with Gasteiger partial charge in [-0.25, -0.2) is 24.7 Å². The van der Waals surface area contributed by atoms with Crippen LogP contribution in [0, 0.1) is 22.7 Å². The number of amides is 1. The Bertz CT molecular complexity index is 3070. The van der Waals surface area contributed by atoms with E-state index in [0.717, 1.165) is 88.2 Å². The molecule has 0 unspecified atom stereocenters. The average Bonchev–Trinajstić information content (AvgIpc) is 4.15. The molecule has 18 nitrogen and oxygen atoms in total. The molecule has 18 heteroatoms. The molecule has 0 atom stereocenters. The van der Waals surface area contributed by atoms with Gasteiger partial charge in [-0.1, -0.05) is 0 Å². The maximum absolute atomic E-state index is 12.4. The summed E-state index contributed by atoms with van der Waals surface area (Å²) in [6.45, 7) is 12.0. The summed E-state index contributed by atoms with van der Waals surface area (Å²) in [4.78, 5) is 36.8. The monoisotopic (exact) mass is 868 g/mol. The summed E-state index contributed by atoms with van der Waals surface area (Å²) < 4.78 is 12.7. The maximum Gasteiger partial charge on any atom is 0.410 e. The number of anilines is 2. The van der Waals surface area contributed by atoms with Gasteiger partial charge >= 0.3 is 6.09 Å². The average molecular weight is 869 g/mol. The number of nitrogens with zero attached hydrogens (tertiary/aromatic N) is 15. The molecular weight excluding hydrogens is 821 g/mol. The number of aromatic nitrogens is 10. The molecule has 1 amide bonds. The summed E-state index contributed by atoms with van der Waals surface area (Å²) in [5.74, 6) is 1.81. The summed E-state index contributed by atoms with van der Waals surface area (Å²) >= 11 is 0. The number of rotatable bonds is 6. The summed E-state index contributed by atoms with van der Waals surface area (Å²) in [5.41, 5.74) is 9.32. The molecule has 1 N–H and O–H groups in total. The van der Waals surface area contributed by atoms with Gasteiger partial charge in [0, 0.05) is 113 Å². The molecule has 10 heterocycles. The summed E-state index contributed by atoms with van der Waals surface area (Å²) in [6.07, 6.45) is 14.1. The van der Waals surface area contributed by atoms with Crippen molar-refractivity contribution in [1.82, 2.24) is 58.5 Å². The highest BCUT2D eigenvalue weighted by Crippen LogP contribution is 2.32. The topological polar surface area (TPSA) is 192 Å². The van der Waals surface area contributed by atoms with Crippen LogP contribution in [0.4, 0.5) is 16.4 Å². The highest BCUT2D eigenvalue weighted by atomic mass is 16.6. The van der Waals surface area contributed by atoms with Gasteiger partial charge in [0.05, 0.1) is 36.2 Å². The van der Waals surface area contributed by atoms with Crippen LogP contribution in [0.2, 0.25) is 0 Å². The smallest absolute Gasteiger partial charge is 0.410 e. The van der Waals surface area contributed by atoms with Gasteiger partial charge < -0.3 is 24.8 Å². The van der Waals surface area contributed by atoms with Crippen LogP contribution in [0.1, 0.15) is 32.2 Å². The first-order chi connectivity index (χ1) is 31.4. The predicted molar refractivity (Wildman–Crippen MR) is 246 cm³/mol. The molecule has 65 heavy (non-hydrogen) atoms. The van der Waals surface area contributed by atoms with E-state index < -0.39 is 5.60 Å². The fourth-order valence-electron chi connectivity index (χ4n) is 8.07. The van der Waals surface area contributed by atoms with Gasteiger partial charge in [0.15, 0.2) is 0 Å². The number of ether oxygens (including phenoxy) is 1. The van der Waals surface area contributed by atoms with Gasteiger partial charge in [0.25, 0.3) is 0 Å². The number of piperazine rings is 2. The van der Waals surface area contributed by atoms with Crippen LogP contribution in [0.5, 0.6) is 0 Å². The van der Waals surface area contributed by atoms with E-state index in [1.807, 2.05) is 117 Å². The Morgan fingerprint density at radius 1 is 0.600 bits per heavy atom. The van der Waals surface area contributed by atoms with E-state index in [2.05, 4.69) is 59.6 Å². The molecule has 0 radical (unpaired) electrons. The number of aryl methyl sites for hydroxylation is 2. The van der Waals surface area contributed by atoms with Crippen LogP contribution in [-0.4, -0.2) is 117 Å². The first kappa shape index (κ1) is 42.2. The Balaban J connectivity index is 0.000000168. The van der Waals surface area contributed by atoms with Crippen molar-refractivity contribution in [2.24, 2.45) is 14.1 Å². The Labute approximate surface area is 375 Å². The summed E-state index contributed by atoms with van der Waals surface area (Å²) in [6, 6.07) is 20.6. The fraction of sp³-hybridized carbons (Fsp3) is 0.298. The second kappa shape index (κ2) is 17.6. The quantitative estimate of drug-likeness (QED) is 0.211. The summed E-state index contributed by atoms with van der Waals surface area (Å²) in [7, 11) is 3.77. The lowest BCUT2D eigenvalue weighted by Crippen LogP contribution is -2.50. The molecule has 328 valence electrons. The molecule has 10 rings (SSSR count). The third-order valence-electron chi connectivity index (χ3n) is 11.3. The number of nitrogens with one attached hydrogen (secondary N) is 1. The summed E-state index contributed by atoms with van der Waals surface area (Å²) in [5, 5.41) is 31.1. The van der Waals surface area contributed by atoms with Gasteiger partial charge in [-0.3, -0.25) is 18.2 Å². The Kier molecular flexibility index (Phi) is 11.4. The fourth-order valence-corrected chi connectivity index (χ4v) is 8.07. The third kappa shape index (κ3) is 8.93. The minimum Gasteiger partial charge on any atom is -0.444 e. The molecule has 0 aromatic carbocycles. The standard InChI is InChI=1S/C26H28N8O2.C21H20N8/c1-26(2,3)36-25(35)33-9-7-32(8-10-33)23-6-5-18(14-28-23)22-11-19(20-15-30-31(4)17-20)12-24-29-16-21(13-27)34(22)24;1-27-14-17(12-26-27)16-8-19(29-18(10-22)13-25-21(29)9-16)15-2-3-20(24-11-15)28-6-4-23-5-7-28/h5-6,11-12,14-17H,7-10H2,1-4H3;2-3,8-9,11-14,23H,4-7H2,1H3. The zero-order valence-electron chi connectivity index (χ0n) is 36.9. The van der Waals surface area contributed by atoms with E-state index in [4.69, 9.17) is 14.7 Å². The van der Waals surface area contributed by atoms with Crippen molar-refractivity contribution in [2.75, 3.05) is 62.2 Å². The number of fused-ring (bicyclic) bond motifs is 2. The number of imidazole rings is 2. The third-order valence-corrected chi connectivity index (χ3v) is 11.3. The molecule has 8 aromatic heterocycles. The first-order valence-electron chi connectivity index (χ1n) is 21.4. The Morgan fingerprint density at radius 2 is 1.08 bits per heavy atom. The van der Waals surface area contributed by atoms with E-state index in [-0.39, 0.29) is 6.09 Å². The van der Waals surface area contributed by atoms with Gasteiger partial charge in [0.1, 0.15) is 52.1 Å². The molecule has 2 fully saturated rings. The Hall–Kier alpha value is -8.09. The van der Waals surface area contributed by atoms with Crippen molar-refractivity contribution in [3.05, 3.63) is 109 Å². The first-order valence-corrected chi connectivity index (χ1v) is 21.4. The molecule has 2 aliphatic heterocycles. The van der Waals surface area contributed by atoms with Crippen molar-refractivity contribution >= 4 is 29.0 Å². The largest absolute Gasteiger partial charge is 0.444 e. The predicted octanol–water partition coefficient (Wildman–Crippen LogP) is 5.80. The zero-order valence-corrected chi connectivity index (χ0v) is 36.9. The van der Waals surface area contributed by atoms with Crippen molar-refractivity contribution < 1.29 is 9.53 Å². The lowest BCUT2D eigenvalue weighted by Gasteiger charge is -2.36. The van der Waals surface area contributed by atoms with E-state index in [9.17, 15) is 15.3 Å². The zero-order chi connectivity index (χ0) is 45.2. The van der Waals surface area contributed by atoms with Crippen LogP contribution in [0.25, 0.3) is 56.1 Å². The van der Waals surface area contributed by atoms with Crippen LogP contribution >= 0.6 is 0 Å². The van der Waals surface area contributed by atoms with Gasteiger partial charge in [-0.05, 0) is 80.4 Å². The van der Waals surface area contributed by atoms with Gasteiger partial charge in [0.2, 0.25) is 0 Å². The van der Waals surface area contributed by atoms with Crippen LogP contribution in [0.3, 0.4) is 0 Å². The molecule has 2 aliphatic rings. The Morgan fingerprint density at radius 3 is 1.48 bits per heavy atom. The molecule has 8 aromatic rings. The van der Waals surface area contributed by atoms with E-state index in [1.54, 1.807) is 26.7 Å². The number of hydrogen-bond donors (Lipinski definition) is 1. The molecule has 2 saturated heterocycles. The minimum absolute atomic E-state index is 0.281. The molecule has 0 saturated carbocycles. The van der Waals surface area contributed by atoms with Crippen molar-refractivity contribution in [2.45, 2.75) is 26.4 Å². The van der Waals surface area contributed by atoms with Gasteiger partial charge in [-0.2, -0.15) is 20.7 Å². The van der Waals surface area contributed by atoms with E-state index in [0.29, 0.717) is 43.2 Å². The normalized spacial score (nSPS) is 14.2. The molecule has 0 aliphatic carbocycles. The molecule has 0 bridgehead atoms. The minimum atomic E-state index is -0.508.